The molecule has 112 valence electrons. The SMILES string of the molecule is COc1ccccc1CN=Cc1c(O)[nH]c2cc(C)ccc12. The molecule has 2 aromatic carbocycles. The predicted octanol–water partition coefficient (Wildman–Crippen LogP) is 3.81. The number of para-hydroxylation sites is 1. The number of ether oxygens (including phenoxy) is 1. The van der Waals surface area contributed by atoms with Crippen LogP contribution >= 0.6 is 0 Å². The lowest BCUT2D eigenvalue weighted by molar-refractivity contribution is 0.410. The average molecular weight is 294 g/mol. The Hall–Kier alpha value is -2.75. The van der Waals surface area contributed by atoms with Crippen LogP contribution in [0.3, 0.4) is 0 Å². The lowest BCUT2D eigenvalue weighted by atomic mass is 10.1. The molecule has 3 aromatic rings. The third-order valence-corrected chi connectivity index (χ3v) is 3.65. The van der Waals surface area contributed by atoms with Gasteiger partial charge >= 0.3 is 0 Å². The second kappa shape index (κ2) is 5.93. The summed E-state index contributed by atoms with van der Waals surface area (Å²) in [5.41, 5.74) is 3.78. The third-order valence-electron chi connectivity index (χ3n) is 3.65. The Labute approximate surface area is 129 Å². The second-order valence-corrected chi connectivity index (χ2v) is 5.22. The van der Waals surface area contributed by atoms with E-state index >= 15 is 0 Å². The van der Waals surface area contributed by atoms with E-state index in [9.17, 15) is 5.11 Å². The highest BCUT2D eigenvalue weighted by molar-refractivity contribution is 6.02. The number of hydrogen-bond donors (Lipinski definition) is 2. The molecular weight excluding hydrogens is 276 g/mol. The maximum absolute atomic E-state index is 10.1. The van der Waals surface area contributed by atoms with E-state index < -0.39 is 0 Å². The van der Waals surface area contributed by atoms with Gasteiger partial charge in [-0.25, -0.2) is 0 Å². The van der Waals surface area contributed by atoms with Crippen molar-refractivity contribution in [3.8, 4) is 11.6 Å². The van der Waals surface area contributed by atoms with Gasteiger partial charge in [0.05, 0.1) is 19.2 Å². The van der Waals surface area contributed by atoms with Crippen LogP contribution < -0.4 is 4.74 Å². The molecule has 0 fully saturated rings. The molecule has 0 bridgehead atoms. The summed E-state index contributed by atoms with van der Waals surface area (Å²) in [6, 6.07) is 13.8. The number of aromatic nitrogens is 1. The van der Waals surface area contributed by atoms with E-state index in [-0.39, 0.29) is 5.88 Å². The van der Waals surface area contributed by atoms with Gasteiger partial charge in [0.15, 0.2) is 5.88 Å². The maximum atomic E-state index is 10.1. The summed E-state index contributed by atoms with van der Waals surface area (Å²) in [5, 5.41) is 11.0. The first-order valence-electron chi connectivity index (χ1n) is 7.12. The summed E-state index contributed by atoms with van der Waals surface area (Å²) in [7, 11) is 1.65. The topological polar surface area (TPSA) is 57.6 Å². The number of nitrogens with one attached hydrogen (secondary N) is 1. The van der Waals surface area contributed by atoms with Crippen LogP contribution in [0.25, 0.3) is 10.9 Å². The van der Waals surface area contributed by atoms with Crippen LogP contribution in [0.15, 0.2) is 47.5 Å². The van der Waals surface area contributed by atoms with Gasteiger partial charge in [-0.1, -0.05) is 30.3 Å². The Morgan fingerprint density at radius 3 is 2.86 bits per heavy atom. The molecule has 0 unspecified atom stereocenters. The van der Waals surface area contributed by atoms with Gasteiger partial charge < -0.3 is 14.8 Å². The largest absolute Gasteiger partial charge is 0.496 e. The van der Waals surface area contributed by atoms with E-state index in [1.807, 2.05) is 49.4 Å². The summed E-state index contributed by atoms with van der Waals surface area (Å²) >= 11 is 0. The fraction of sp³-hybridized carbons (Fsp3) is 0.167. The molecule has 2 N–H and O–H groups in total. The first-order chi connectivity index (χ1) is 10.7. The maximum Gasteiger partial charge on any atom is 0.198 e. The van der Waals surface area contributed by atoms with Crippen LogP contribution in [0.2, 0.25) is 0 Å². The summed E-state index contributed by atoms with van der Waals surface area (Å²) in [6.07, 6.45) is 1.70. The zero-order valence-corrected chi connectivity index (χ0v) is 12.6. The molecular formula is C18H18N2O2. The van der Waals surface area contributed by atoms with Crippen molar-refractivity contribution in [3.63, 3.8) is 0 Å². The highest BCUT2D eigenvalue weighted by atomic mass is 16.5. The molecule has 4 heteroatoms. The minimum absolute atomic E-state index is 0.143. The molecule has 4 nitrogen and oxygen atoms in total. The van der Waals surface area contributed by atoms with Crippen LogP contribution in [0, 0.1) is 6.92 Å². The number of aryl methyl sites for hydroxylation is 1. The summed E-state index contributed by atoms with van der Waals surface area (Å²) in [4.78, 5) is 7.42. The van der Waals surface area contributed by atoms with Gasteiger partial charge in [0.1, 0.15) is 5.75 Å². The molecule has 1 aromatic heterocycles. The van der Waals surface area contributed by atoms with Crippen LogP contribution in [0.5, 0.6) is 11.6 Å². The molecule has 0 amide bonds. The summed E-state index contributed by atoms with van der Waals surface area (Å²) < 4.78 is 5.31. The Morgan fingerprint density at radius 2 is 2.05 bits per heavy atom. The van der Waals surface area contributed by atoms with Crippen molar-refractivity contribution < 1.29 is 9.84 Å². The molecule has 0 spiro atoms. The first-order valence-corrected chi connectivity index (χ1v) is 7.12. The van der Waals surface area contributed by atoms with Crippen LogP contribution in [0.4, 0.5) is 0 Å². The average Bonchev–Trinajstić information content (AvgIpc) is 2.82. The van der Waals surface area contributed by atoms with Crippen molar-refractivity contribution in [3.05, 3.63) is 59.2 Å². The standard InChI is InChI=1S/C18H18N2O2/c1-12-7-8-14-15(18(21)20-16(14)9-12)11-19-10-13-5-3-4-6-17(13)22-2/h3-9,11,20-21H,10H2,1-2H3. The van der Waals surface area contributed by atoms with Crippen molar-refractivity contribution in [1.82, 2.24) is 4.98 Å². The minimum Gasteiger partial charge on any atom is -0.496 e. The molecule has 22 heavy (non-hydrogen) atoms. The van der Waals surface area contributed by atoms with Crippen LogP contribution in [0.1, 0.15) is 16.7 Å². The zero-order chi connectivity index (χ0) is 15.5. The lowest BCUT2D eigenvalue weighted by Crippen LogP contribution is -1.90. The Kier molecular flexibility index (Phi) is 3.83. The Bertz CT molecular complexity index is 834. The van der Waals surface area contributed by atoms with Gasteiger partial charge in [-0.3, -0.25) is 4.99 Å². The smallest absolute Gasteiger partial charge is 0.198 e. The van der Waals surface area contributed by atoms with Crippen molar-refractivity contribution >= 4 is 17.1 Å². The highest BCUT2D eigenvalue weighted by Crippen LogP contribution is 2.26. The second-order valence-electron chi connectivity index (χ2n) is 5.22. The molecule has 0 aliphatic carbocycles. The zero-order valence-electron chi connectivity index (χ0n) is 12.6. The van der Waals surface area contributed by atoms with E-state index in [1.165, 1.54) is 0 Å². The predicted molar refractivity (Wildman–Crippen MR) is 89.0 cm³/mol. The fourth-order valence-electron chi connectivity index (χ4n) is 2.52. The van der Waals surface area contributed by atoms with E-state index in [1.54, 1.807) is 13.3 Å². The molecule has 0 atom stereocenters. The molecule has 0 saturated carbocycles. The fourth-order valence-corrected chi connectivity index (χ4v) is 2.52. The monoisotopic (exact) mass is 294 g/mol. The van der Waals surface area contributed by atoms with Crippen molar-refractivity contribution in [2.75, 3.05) is 7.11 Å². The number of aliphatic imine (C=N–C) groups is 1. The number of rotatable bonds is 4. The quantitative estimate of drug-likeness (QED) is 0.719. The van der Waals surface area contributed by atoms with E-state index in [4.69, 9.17) is 4.74 Å². The molecule has 0 aliphatic heterocycles. The minimum atomic E-state index is 0.143. The molecule has 1 heterocycles. The Morgan fingerprint density at radius 1 is 1.23 bits per heavy atom. The number of aromatic amines is 1. The molecule has 0 radical (unpaired) electrons. The van der Waals surface area contributed by atoms with Gasteiger partial charge in [-0.05, 0) is 24.6 Å². The number of methoxy groups -OCH3 is 1. The third kappa shape index (κ3) is 2.68. The highest BCUT2D eigenvalue weighted by Gasteiger charge is 2.08. The lowest BCUT2D eigenvalue weighted by Gasteiger charge is -2.04. The normalized spacial score (nSPS) is 11.4. The number of nitrogens with zero attached hydrogens (tertiary/aromatic N) is 1. The number of aromatic hydroxyl groups is 1. The van der Waals surface area contributed by atoms with Crippen molar-refractivity contribution in [2.24, 2.45) is 4.99 Å². The van der Waals surface area contributed by atoms with Gasteiger partial charge in [-0.2, -0.15) is 0 Å². The van der Waals surface area contributed by atoms with Crippen LogP contribution in [-0.2, 0) is 6.54 Å². The van der Waals surface area contributed by atoms with Crippen molar-refractivity contribution in [2.45, 2.75) is 13.5 Å². The number of H-pyrrole nitrogens is 1. The van der Waals surface area contributed by atoms with Gasteiger partial charge in [-0.15, -0.1) is 0 Å². The Balaban J connectivity index is 1.88. The van der Waals surface area contributed by atoms with Crippen molar-refractivity contribution in [1.29, 1.82) is 0 Å². The number of hydrogen-bond acceptors (Lipinski definition) is 3. The van der Waals surface area contributed by atoms with E-state index in [0.29, 0.717) is 12.1 Å². The van der Waals surface area contributed by atoms with Crippen LogP contribution in [-0.4, -0.2) is 23.4 Å². The molecule has 0 saturated heterocycles. The van der Waals surface area contributed by atoms with Gasteiger partial charge in [0.25, 0.3) is 0 Å². The molecule has 3 rings (SSSR count). The van der Waals surface area contributed by atoms with E-state index in [2.05, 4.69) is 9.98 Å². The van der Waals surface area contributed by atoms with Gasteiger partial charge in [0.2, 0.25) is 0 Å². The van der Waals surface area contributed by atoms with E-state index in [0.717, 1.165) is 27.8 Å². The summed E-state index contributed by atoms with van der Waals surface area (Å²) in [6.45, 7) is 2.52. The van der Waals surface area contributed by atoms with Gasteiger partial charge in [0, 0.05) is 22.7 Å². The first kappa shape index (κ1) is 14.2. The molecule has 0 aliphatic rings. The summed E-state index contributed by atoms with van der Waals surface area (Å²) in [5.74, 6) is 0.961. The number of benzene rings is 2. The number of fused-ring (bicyclic) bond motifs is 1.